The van der Waals surface area contributed by atoms with Crippen LogP contribution in [0.25, 0.3) is 0 Å². The molecule has 3 heterocycles. The average Bonchev–Trinajstić information content (AvgIpc) is 3.40. The van der Waals surface area contributed by atoms with Crippen molar-refractivity contribution < 1.29 is 14.3 Å². The lowest BCUT2D eigenvalue weighted by atomic mass is 10.1. The summed E-state index contributed by atoms with van der Waals surface area (Å²) in [7, 11) is 0. The van der Waals surface area contributed by atoms with Crippen LogP contribution in [-0.2, 0) is 22.6 Å². The summed E-state index contributed by atoms with van der Waals surface area (Å²) in [5, 5.41) is 8.15. The van der Waals surface area contributed by atoms with E-state index in [2.05, 4.69) is 22.4 Å². The standard InChI is InChI=1S/C20H26N4O3/c25-20(19-14-24(22-21-19)13-18-7-4-12-26-18)23-10-8-17(9-11-23)27-15-16-5-2-1-3-6-16/h1-3,5-6,14,17-18H,4,7-13,15H2/t18-/m1/s1. The Kier molecular flexibility index (Phi) is 5.79. The largest absolute Gasteiger partial charge is 0.376 e. The van der Waals surface area contributed by atoms with Crippen LogP contribution in [0.1, 0.15) is 41.7 Å². The van der Waals surface area contributed by atoms with Gasteiger partial charge in [0.2, 0.25) is 0 Å². The summed E-state index contributed by atoms with van der Waals surface area (Å²) in [5.41, 5.74) is 1.59. The van der Waals surface area contributed by atoms with Crippen LogP contribution in [0.5, 0.6) is 0 Å². The number of carbonyl (C=O) groups excluding carboxylic acids is 1. The number of rotatable bonds is 6. The fourth-order valence-corrected chi connectivity index (χ4v) is 3.66. The average molecular weight is 370 g/mol. The van der Waals surface area contributed by atoms with Gasteiger partial charge in [0.15, 0.2) is 5.69 Å². The monoisotopic (exact) mass is 370 g/mol. The fourth-order valence-electron chi connectivity index (χ4n) is 3.66. The Bertz CT molecular complexity index is 735. The lowest BCUT2D eigenvalue weighted by molar-refractivity contribution is -0.000514. The highest BCUT2D eigenvalue weighted by Crippen LogP contribution is 2.18. The Morgan fingerprint density at radius 1 is 1.19 bits per heavy atom. The molecule has 0 bridgehead atoms. The Balaban J connectivity index is 1.24. The van der Waals surface area contributed by atoms with Crippen molar-refractivity contribution in [2.24, 2.45) is 0 Å². The minimum atomic E-state index is -0.0462. The lowest BCUT2D eigenvalue weighted by Crippen LogP contribution is -2.41. The molecule has 2 aliphatic heterocycles. The van der Waals surface area contributed by atoms with E-state index >= 15 is 0 Å². The van der Waals surface area contributed by atoms with Gasteiger partial charge in [0, 0.05) is 19.7 Å². The molecule has 7 heteroatoms. The fraction of sp³-hybridized carbons (Fsp3) is 0.550. The molecule has 4 rings (SSSR count). The smallest absolute Gasteiger partial charge is 0.276 e. The van der Waals surface area contributed by atoms with Gasteiger partial charge in [-0.1, -0.05) is 35.5 Å². The second-order valence-corrected chi connectivity index (χ2v) is 7.25. The lowest BCUT2D eigenvalue weighted by Gasteiger charge is -2.31. The van der Waals surface area contributed by atoms with E-state index in [1.807, 2.05) is 23.1 Å². The summed E-state index contributed by atoms with van der Waals surface area (Å²) in [6, 6.07) is 10.2. The molecular formula is C20H26N4O3. The maximum Gasteiger partial charge on any atom is 0.276 e. The molecule has 1 amide bonds. The number of likely N-dealkylation sites (tertiary alicyclic amines) is 1. The van der Waals surface area contributed by atoms with Crippen molar-refractivity contribution in [1.29, 1.82) is 0 Å². The van der Waals surface area contributed by atoms with Crippen LogP contribution < -0.4 is 0 Å². The van der Waals surface area contributed by atoms with Crippen molar-refractivity contribution in [3.63, 3.8) is 0 Å². The Morgan fingerprint density at radius 2 is 2.00 bits per heavy atom. The molecule has 7 nitrogen and oxygen atoms in total. The molecule has 2 saturated heterocycles. The molecule has 0 spiro atoms. The maximum absolute atomic E-state index is 12.7. The molecule has 0 N–H and O–H groups in total. The first-order chi connectivity index (χ1) is 13.3. The number of hydrogen-bond donors (Lipinski definition) is 0. The number of aromatic nitrogens is 3. The van der Waals surface area contributed by atoms with Crippen LogP contribution in [0.2, 0.25) is 0 Å². The van der Waals surface area contributed by atoms with E-state index in [0.29, 0.717) is 31.9 Å². The van der Waals surface area contributed by atoms with E-state index in [9.17, 15) is 4.79 Å². The molecule has 2 aliphatic rings. The first-order valence-corrected chi connectivity index (χ1v) is 9.74. The summed E-state index contributed by atoms with van der Waals surface area (Å²) in [4.78, 5) is 14.5. The van der Waals surface area contributed by atoms with Gasteiger partial charge in [-0.05, 0) is 31.2 Å². The Labute approximate surface area is 159 Å². The highest BCUT2D eigenvalue weighted by molar-refractivity contribution is 5.92. The summed E-state index contributed by atoms with van der Waals surface area (Å²) in [6.45, 7) is 3.48. The zero-order valence-corrected chi connectivity index (χ0v) is 15.5. The third kappa shape index (κ3) is 4.73. The summed E-state index contributed by atoms with van der Waals surface area (Å²) in [5.74, 6) is -0.0462. The van der Waals surface area contributed by atoms with Gasteiger partial charge in [-0.15, -0.1) is 5.10 Å². The van der Waals surface area contributed by atoms with Crippen LogP contribution >= 0.6 is 0 Å². The van der Waals surface area contributed by atoms with E-state index in [-0.39, 0.29) is 18.1 Å². The quantitative estimate of drug-likeness (QED) is 0.780. The third-order valence-corrected chi connectivity index (χ3v) is 5.23. The molecule has 1 aromatic heterocycles. The predicted octanol–water partition coefficient (Wildman–Crippen LogP) is 2.28. The van der Waals surface area contributed by atoms with Gasteiger partial charge in [0.25, 0.3) is 5.91 Å². The van der Waals surface area contributed by atoms with Gasteiger partial charge in [0.05, 0.1) is 31.6 Å². The van der Waals surface area contributed by atoms with E-state index in [1.54, 1.807) is 10.9 Å². The number of ether oxygens (including phenoxy) is 2. The number of piperidine rings is 1. The highest BCUT2D eigenvalue weighted by atomic mass is 16.5. The van der Waals surface area contributed by atoms with Gasteiger partial charge in [-0.25, -0.2) is 4.68 Å². The molecule has 1 atom stereocenters. The first-order valence-electron chi connectivity index (χ1n) is 9.74. The van der Waals surface area contributed by atoms with E-state index in [0.717, 1.165) is 32.3 Å². The van der Waals surface area contributed by atoms with Crippen LogP contribution in [-0.4, -0.2) is 57.7 Å². The summed E-state index contributed by atoms with van der Waals surface area (Å²) >= 11 is 0. The molecule has 144 valence electrons. The number of benzene rings is 1. The number of hydrogen-bond acceptors (Lipinski definition) is 5. The van der Waals surface area contributed by atoms with Crippen LogP contribution in [0, 0.1) is 0 Å². The maximum atomic E-state index is 12.7. The minimum absolute atomic E-state index is 0.0462. The van der Waals surface area contributed by atoms with E-state index in [1.165, 1.54) is 5.56 Å². The molecule has 27 heavy (non-hydrogen) atoms. The third-order valence-electron chi connectivity index (χ3n) is 5.23. The van der Waals surface area contributed by atoms with Crippen LogP contribution in [0.3, 0.4) is 0 Å². The van der Waals surface area contributed by atoms with Crippen molar-refractivity contribution in [2.45, 2.75) is 51.0 Å². The Hall–Kier alpha value is -2.25. The highest BCUT2D eigenvalue weighted by Gasteiger charge is 2.26. The van der Waals surface area contributed by atoms with Crippen molar-refractivity contribution in [3.8, 4) is 0 Å². The molecule has 0 saturated carbocycles. The number of nitrogens with zero attached hydrogens (tertiary/aromatic N) is 4. The van der Waals surface area contributed by atoms with Crippen molar-refractivity contribution >= 4 is 5.91 Å². The zero-order chi connectivity index (χ0) is 18.5. The second-order valence-electron chi connectivity index (χ2n) is 7.25. The van der Waals surface area contributed by atoms with Crippen molar-refractivity contribution in [1.82, 2.24) is 19.9 Å². The summed E-state index contributed by atoms with van der Waals surface area (Å²) in [6.07, 6.45) is 5.95. The molecule has 0 aliphatic carbocycles. The van der Waals surface area contributed by atoms with Crippen molar-refractivity contribution in [3.05, 3.63) is 47.8 Å². The normalized spacial score (nSPS) is 20.9. The minimum Gasteiger partial charge on any atom is -0.376 e. The van der Waals surface area contributed by atoms with E-state index in [4.69, 9.17) is 9.47 Å². The molecule has 0 unspecified atom stereocenters. The molecule has 0 radical (unpaired) electrons. The molecule has 1 aromatic carbocycles. The van der Waals surface area contributed by atoms with E-state index < -0.39 is 0 Å². The van der Waals surface area contributed by atoms with Gasteiger partial charge in [0.1, 0.15) is 0 Å². The van der Waals surface area contributed by atoms with Gasteiger partial charge >= 0.3 is 0 Å². The van der Waals surface area contributed by atoms with Crippen LogP contribution in [0.4, 0.5) is 0 Å². The predicted molar refractivity (Wildman–Crippen MR) is 99.2 cm³/mol. The van der Waals surface area contributed by atoms with Crippen molar-refractivity contribution in [2.75, 3.05) is 19.7 Å². The first kappa shape index (κ1) is 18.1. The van der Waals surface area contributed by atoms with Gasteiger partial charge in [-0.3, -0.25) is 4.79 Å². The molecular weight excluding hydrogens is 344 g/mol. The zero-order valence-electron chi connectivity index (χ0n) is 15.5. The van der Waals surface area contributed by atoms with Gasteiger partial charge in [-0.2, -0.15) is 0 Å². The topological polar surface area (TPSA) is 69.5 Å². The SMILES string of the molecule is O=C(c1cn(C[C@H]2CCCO2)nn1)N1CCC(OCc2ccccc2)CC1. The van der Waals surface area contributed by atoms with Gasteiger partial charge < -0.3 is 14.4 Å². The summed E-state index contributed by atoms with van der Waals surface area (Å²) < 4.78 is 13.3. The Morgan fingerprint density at radius 3 is 2.74 bits per heavy atom. The number of carbonyl (C=O) groups is 1. The number of amides is 1. The molecule has 2 fully saturated rings. The second kappa shape index (κ2) is 8.63. The molecule has 2 aromatic rings. The van der Waals surface area contributed by atoms with Crippen LogP contribution in [0.15, 0.2) is 36.5 Å².